The van der Waals surface area contributed by atoms with E-state index in [0.717, 1.165) is 5.56 Å². The van der Waals surface area contributed by atoms with E-state index in [1.54, 1.807) is 29.5 Å². The summed E-state index contributed by atoms with van der Waals surface area (Å²) in [7, 11) is 1.78. The van der Waals surface area contributed by atoms with Crippen molar-refractivity contribution in [2.45, 2.75) is 31.4 Å². The highest BCUT2D eigenvalue weighted by atomic mass is 35.5. The summed E-state index contributed by atoms with van der Waals surface area (Å²) in [6.07, 6.45) is 3.85. The minimum atomic E-state index is -1.66. The minimum Gasteiger partial charge on any atom is -0.342 e. The molecule has 1 aromatic heterocycles. The molecule has 1 aromatic rings. The normalized spacial score (nSPS) is 26.3. The maximum atomic E-state index is 13.7. The number of rotatable bonds is 6. The molecule has 0 aromatic carbocycles. The van der Waals surface area contributed by atoms with Gasteiger partial charge in [-0.25, -0.2) is 4.39 Å². The van der Waals surface area contributed by atoms with E-state index >= 15 is 0 Å². The number of hydrogen-bond acceptors (Lipinski definition) is 2. The van der Waals surface area contributed by atoms with Crippen molar-refractivity contribution in [3.8, 4) is 6.07 Å². The van der Waals surface area contributed by atoms with Crippen LogP contribution in [-0.4, -0.2) is 27.0 Å². The molecule has 22 heavy (non-hydrogen) atoms. The summed E-state index contributed by atoms with van der Waals surface area (Å²) in [5.74, 6) is -0.217. The molecule has 1 saturated carbocycles. The molecule has 0 N–H and O–H groups in total. The first-order valence-corrected chi connectivity index (χ1v) is 7.45. The summed E-state index contributed by atoms with van der Waals surface area (Å²) in [4.78, 5) is 13.6. The smallest absolute Gasteiger partial charge is 0.246 e. The Labute approximate surface area is 134 Å². The predicted molar refractivity (Wildman–Crippen MR) is 82.8 cm³/mol. The maximum Gasteiger partial charge on any atom is 0.246 e. The second-order valence-electron chi connectivity index (χ2n) is 6.11. The van der Waals surface area contributed by atoms with Crippen LogP contribution >= 0.6 is 11.6 Å². The van der Waals surface area contributed by atoms with Gasteiger partial charge in [0.1, 0.15) is 11.8 Å². The van der Waals surface area contributed by atoms with Crippen molar-refractivity contribution >= 4 is 17.5 Å². The lowest BCUT2D eigenvalue weighted by atomic mass is 10.0. The zero-order valence-electron chi connectivity index (χ0n) is 12.8. The highest BCUT2D eigenvalue weighted by Crippen LogP contribution is 2.63. The van der Waals surface area contributed by atoms with Gasteiger partial charge in [0, 0.05) is 38.2 Å². The Balaban J connectivity index is 2.05. The van der Waals surface area contributed by atoms with Crippen LogP contribution in [0.1, 0.15) is 31.0 Å². The molecule has 1 amide bonds. The lowest BCUT2D eigenvalue weighted by Gasteiger charge is -2.23. The lowest BCUT2D eigenvalue weighted by Crippen LogP contribution is -2.31. The third-order valence-electron chi connectivity index (χ3n) is 4.34. The van der Waals surface area contributed by atoms with E-state index in [1.165, 1.54) is 6.08 Å². The molecule has 0 saturated heterocycles. The zero-order chi connectivity index (χ0) is 16.5. The molecule has 2 unspecified atom stereocenters. The van der Waals surface area contributed by atoms with Crippen LogP contribution in [0.4, 0.5) is 4.39 Å². The van der Waals surface area contributed by atoms with Gasteiger partial charge in [-0.2, -0.15) is 5.26 Å². The maximum absolute atomic E-state index is 13.7. The van der Waals surface area contributed by atoms with Gasteiger partial charge in [-0.1, -0.05) is 25.1 Å². The van der Waals surface area contributed by atoms with E-state index in [2.05, 4.69) is 12.6 Å². The summed E-state index contributed by atoms with van der Waals surface area (Å²) in [6, 6.07) is 3.82. The molecule has 2 atom stereocenters. The summed E-state index contributed by atoms with van der Waals surface area (Å²) in [5, 5.41) is 7.32. The molecule has 1 aliphatic rings. The molecule has 0 radical (unpaired) electrons. The van der Waals surface area contributed by atoms with Gasteiger partial charge in [0.25, 0.3) is 0 Å². The third kappa shape index (κ3) is 3.17. The molecule has 118 valence electrons. The van der Waals surface area contributed by atoms with Crippen LogP contribution in [0.15, 0.2) is 24.9 Å². The van der Waals surface area contributed by atoms with Crippen LogP contribution in [0.3, 0.4) is 0 Å². The van der Waals surface area contributed by atoms with Crippen molar-refractivity contribution in [2.24, 2.45) is 12.5 Å². The monoisotopic (exact) mass is 323 g/mol. The first kappa shape index (κ1) is 16.6. The molecule has 0 aliphatic heterocycles. The first-order chi connectivity index (χ1) is 10.2. The number of carbonyl (C=O) groups is 1. The molecule has 0 spiro atoms. The molecular formula is C16H19ClFN3O. The summed E-state index contributed by atoms with van der Waals surface area (Å²) in [6.45, 7) is 6.04. The van der Waals surface area contributed by atoms with Crippen LogP contribution in [-0.2, 0) is 18.4 Å². The van der Waals surface area contributed by atoms with Crippen LogP contribution in [0, 0.1) is 16.7 Å². The first-order valence-electron chi connectivity index (χ1n) is 7.07. The van der Waals surface area contributed by atoms with E-state index in [9.17, 15) is 9.18 Å². The van der Waals surface area contributed by atoms with Gasteiger partial charge in [-0.15, -0.1) is 0 Å². The molecular weight excluding hydrogens is 305 g/mol. The van der Waals surface area contributed by atoms with Crippen LogP contribution < -0.4 is 0 Å². The zero-order valence-corrected chi connectivity index (χ0v) is 13.5. The Morgan fingerprint density at radius 3 is 2.82 bits per heavy atom. The average Bonchev–Trinajstić information content (AvgIpc) is 2.79. The lowest BCUT2D eigenvalue weighted by molar-refractivity contribution is -0.126. The molecule has 1 aliphatic carbocycles. The highest BCUT2D eigenvalue weighted by Gasteiger charge is 2.64. The molecule has 4 nitrogen and oxygen atoms in total. The number of halogens is 2. The highest BCUT2D eigenvalue weighted by molar-refractivity contribution is 6.25. The van der Waals surface area contributed by atoms with Gasteiger partial charge in [0.15, 0.2) is 5.13 Å². The number of aromatic nitrogens is 1. The standard InChI is InChI=1S/C16H19ClFN3O/c1-4-14(22)21(6-5-15(2)11-16(15,17)18)10-12-7-13(8-19)20(3)9-12/h4,7,9H,1,5-6,10-11H2,2-3H3. The SMILES string of the molecule is C=CC(=O)N(CCC1(C)CC1(F)Cl)Cc1cc(C#N)n(C)c1. The molecule has 0 bridgehead atoms. The van der Waals surface area contributed by atoms with Gasteiger partial charge < -0.3 is 9.47 Å². The summed E-state index contributed by atoms with van der Waals surface area (Å²) < 4.78 is 15.4. The fraction of sp³-hybridized carbons (Fsp3) is 0.500. The van der Waals surface area contributed by atoms with Crippen molar-refractivity contribution in [3.63, 3.8) is 0 Å². The largest absolute Gasteiger partial charge is 0.342 e. The van der Waals surface area contributed by atoms with Crippen LogP contribution in [0.5, 0.6) is 0 Å². The van der Waals surface area contributed by atoms with E-state index in [4.69, 9.17) is 16.9 Å². The molecule has 1 heterocycles. The van der Waals surface area contributed by atoms with Crippen molar-refractivity contribution in [1.82, 2.24) is 9.47 Å². The number of nitrogens with zero attached hydrogens (tertiary/aromatic N) is 3. The predicted octanol–water partition coefficient (Wildman–Crippen LogP) is 3.12. The molecule has 2 rings (SSSR count). The summed E-state index contributed by atoms with van der Waals surface area (Å²) >= 11 is 5.72. The Morgan fingerprint density at radius 2 is 2.36 bits per heavy atom. The molecule has 6 heteroatoms. The summed E-state index contributed by atoms with van der Waals surface area (Å²) in [5.41, 5.74) is 0.800. The number of amides is 1. The number of carbonyl (C=O) groups excluding carboxylic acids is 1. The van der Waals surface area contributed by atoms with Crippen molar-refractivity contribution < 1.29 is 9.18 Å². The number of alkyl halides is 2. The van der Waals surface area contributed by atoms with Crippen molar-refractivity contribution in [2.75, 3.05) is 6.54 Å². The van der Waals surface area contributed by atoms with Crippen LogP contribution in [0.2, 0.25) is 0 Å². The minimum absolute atomic E-state index is 0.217. The Kier molecular flexibility index (Phi) is 4.35. The van der Waals surface area contributed by atoms with Gasteiger partial charge in [-0.3, -0.25) is 4.79 Å². The van der Waals surface area contributed by atoms with E-state index < -0.39 is 10.5 Å². The van der Waals surface area contributed by atoms with Gasteiger partial charge in [0.05, 0.1) is 0 Å². The fourth-order valence-corrected chi connectivity index (χ4v) is 2.94. The Hall–Kier alpha value is -1.80. The second kappa shape index (κ2) is 5.77. The van der Waals surface area contributed by atoms with E-state index in [1.807, 2.05) is 6.20 Å². The number of aryl methyl sites for hydroxylation is 1. The molecule has 1 fully saturated rings. The quantitative estimate of drug-likeness (QED) is 0.596. The second-order valence-corrected chi connectivity index (χ2v) is 6.71. The van der Waals surface area contributed by atoms with Crippen molar-refractivity contribution in [1.29, 1.82) is 5.26 Å². The van der Waals surface area contributed by atoms with E-state index in [0.29, 0.717) is 31.6 Å². The number of nitriles is 1. The van der Waals surface area contributed by atoms with E-state index in [-0.39, 0.29) is 5.91 Å². The average molecular weight is 324 g/mol. The van der Waals surface area contributed by atoms with Gasteiger partial charge in [0.2, 0.25) is 5.91 Å². The Bertz CT molecular complexity index is 646. The van der Waals surface area contributed by atoms with Crippen molar-refractivity contribution in [3.05, 3.63) is 36.2 Å². The topological polar surface area (TPSA) is 49.0 Å². The van der Waals surface area contributed by atoms with Gasteiger partial charge in [-0.05, 0) is 24.1 Å². The third-order valence-corrected chi connectivity index (χ3v) is 4.93. The van der Waals surface area contributed by atoms with Crippen LogP contribution in [0.25, 0.3) is 0 Å². The fourth-order valence-electron chi connectivity index (χ4n) is 2.55. The Morgan fingerprint density at radius 1 is 1.73 bits per heavy atom. The number of hydrogen-bond donors (Lipinski definition) is 0. The van der Waals surface area contributed by atoms with Gasteiger partial charge >= 0.3 is 0 Å².